The molecule has 2 saturated heterocycles. The highest BCUT2D eigenvalue weighted by Crippen LogP contribution is 2.36. The number of nitrogens with zero attached hydrogens (tertiary/aromatic N) is 3. The molecule has 0 saturated carbocycles. The highest BCUT2D eigenvalue weighted by molar-refractivity contribution is 5.80. The Bertz CT molecular complexity index is 551. The summed E-state index contributed by atoms with van der Waals surface area (Å²) in [5, 5.41) is 7.69. The second-order valence-electron chi connectivity index (χ2n) is 7.74. The highest BCUT2D eigenvalue weighted by atomic mass is 16.2. The Morgan fingerprint density at radius 3 is 3.00 bits per heavy atom. The Balaban J connectivity index is 1.71. The van der Waals surface area contributed by atoms with Gasteiger partial charge in [-0.25, -0.2) is 0 Å². The van der Waals surface area contributed by atoms with Crippen molar-refractivity contribution in [3.8, 4) is 0 Å². The Kier molecular flexibility index (Phi) is 4.76. The SMILES string of the molecule is CCCC1(C)CCCN(C(=O)[C@H]2CNC[C@@H]2c2cnn(C)c2)C1. The molecule has 0 aromatic carbocycles. The maximum absolute atomic E-state index is 13.1. The number of hydrogen-bond donors (Lipinski definition) is 1. The topological polar surface area (TPSA) is 50.2 Å². The first kappa shape index (κ1) is 16.5. The number of aromatic nitrogens is 2. The van der Waals surface area contributed by atoms with Crippen LogP contribution in [0.3, 0.4) is 0 Å². The molecule has 2 fully saturated rings. The fourth-order valence-corrected chi connectivity index (χ4v) is 4.47. The van der Waals surface area contributed by atoms with Crippen LogP contribution >= 0.6 is 0 Å². The van der Waals surface area contributed by atoms with E-state index in [2.05, 4.69) is 35.4 Å². The van der Waals surface area contributed by atoms with Crippen molar-refractivity contribution in [2.75, 3.05) is 26.2 Å². The van der Waals surface area contributed by atoms with E-state index >= 15 is 0 Å². The number of likely N-dealkylation sites (tertiary alicyclic amines) is 1. The molecule has 1 aromatic rings. The van der Waals surface area contributed by atoms with Gasteiger partial charge in [0.05, 0.1) is 12.1 Å². The van der Waals surface area contributed by atoms with Gasteiger partial charge in [-0.1, -0.05) is 20.3 Å². The standard InChI is InChI=1S/C18H30N4O/c1-4-6-18(2)7-5-8-22(13-18)17(23)16-11-19-10-15(16)14-9-20-21(3)12-14/h9,12,15-16,19H,4-8,10-11,13H2,1-3H3/t15-,16+,18?/m1/s1. The zero-order chi connectivity index (χ0) is 16.4. The average molecular weight is 318 g/mol. The number of carbonyl (C=O) groups is 1. The van der Waals surface area contributed by atoms with Crippen LogP contribution in [0.1, 0.15) is 51.0 Å². The fraction of sp³-hybridized carbons (Fsp3) is 0.778. The molecule has 128 valence electrons. The lowest BCUT2D eigenvalue weighted by Crippen LogP contribution is -2.48. The molecule has 1 aromatic heterocycles. The Morgan fingerprint density at radius 1 is 1.48 bits per heavy atom. The lowest BCUT2D eigenvalue weighted by Gasteiger charge is -2.42. The van der Waals surface area contributed by atoms with Crippen molar-refractivity contribution >= 4 is 5.91 Å². The minimum Gasteiger partial charge on any atom is -0.342 e. The van der Waals surface area contributed by atoms with Gasteiger partial charge < -0.3 is 10.2 Å². The van der Waals surface area contributed by atoms with E-state index in [9.17, 15) is 4.79 Å². The van der Waals surface area contributed by atoms with E-state index in [-0.39, 0.29) is 11.8 Å². The van der Waals surface area contributed by atoms with E-state index in [0.717, 1.165) is 32.6 Å². The van der Waals surface area contributed by atoms with Gasteiger partial charge in [0, 0.05) is 45.3 Å². The maximum atomic E-state index is 13.1. The van der Waals surface area contributed by atoms with Crippen molar-refractivity contribution in [3.05, 3.63) is 18.0 Å². The minimum atomic E-state index is 0.0585. The van der Waals surface area contributed by atoms with Gasteiger partial charge in [-0.2, -0.15) is 5.10 Å². The number of piperidine rings is 1. The molecule has 0 radical (unpaired) electrons. The Labute approximate surface area is 139 Å². The van der Waals surface area contributed by atoms with Gasteiger partial charge in [-0.15, -0.1) is 0 Å². The average Bonchev–Trinajstić information content (AvgIpc) is 3.14. The molecule has 5 nitrogen and oxygen atoms in total. The van der Waals surface area contributed by atoms with Gasteiger partial charge in [0.1, 0.15) is 0 Å². The van der Waals surface area contributed by atoms with Crippen LogP contribution in [0.15, 0.2) is 12.4 Å². The van der Waals surface area contributed by atoms with E-state index in [1.807, 2.05) is 17.9 Å². The minimum absolute atomic E-state index is 0.0585. The molecule has 3 atom stereocenters. The first-order valence-electron chi connectivity index (χ1n) is 9.00. The van der Waals surface area contributed by atoms with Crippen LogP contribution in [0, 0.1) is 11.3 Å². The molecule has 1 unspecified atom stereocenters. The number of nitrogens with one attached hydrogen (secondary N) is 1. The van der Waals surface area contributed by atoms with Crippen LogP contribution in [0.25, 0.3) is 0 Å². The van der Waals surface area contributed by atoms with Crippen molar-refractivity contribution in [2.45, 2.75) is 45.4 Å². The maximum Gasteiger partial charge on any atom is 0.227 e. The first-order valence-corrected chi connectivity index (χ1v) is 9.00. The molecule has 0 bridgehead atoms. The van der Waals surface area contributed by atoms with Crippen molar-refractivity contribution in [1.82, 2.24) is 20.0 Å². The second kappa shape index (κ2) is 6.63. The smallest absolute Gasteiger partial charge is 0.227 e. The molecule has 0 spiro atoms. The lowest BCUT2D eigenvalue weighted by atomic mass is 9.77. The molecule has 0 aliphatic carbocycles. The third-order valence-corrected chi connectivity index (χ3v) is 5.63. The molecule has 3 rings (SSSR count). The first-order chi connectivity index (χ1) is 11.0. The molecule has 23 heavy (non-hydrogen) atoms. The number of aryl methyl sites for hydroxylation is 1. The summed E-state index contributed by atoms with van der Waals surface area (Å²) >= 11 is 0. The molecule has 3 heterocycles. The molecule has 2 aliphatic heterocycles. The van der Waals surface area contributed by atoms with E-state index in [0.29, 0.717) is 11.3 Å². The number of rotatable bonds is 4. The van der Waals surface area contributed by atoms with Crippen LogP contribution in [0.2, 0.25) is 0 Å². The third-order valence-electron chi connectivity index (χ3n) is 5.63. The van der Waals surface area contributed by atoms with Crippen LogP contribution < -0.4 is 5.32 Å². The third kappa shape index (κ3) is 3.44. The van der Waals surface area contributed by atoms with Crippen LogP contribution in [-0.4, -0.2) is 46.8 Å². The van der Waals surface area contributed by atoms with Gasteiger partial charge in [0.25, 0.3) is 0 Å². The van der Waals surface area contributed by atoms with Crippen molar-refractivity contribution in [1.29, 1.82) is 0 Å². The molecule has 1 N–H and O–H groups in total. The van der Waals surface area contributed by atoms with Crippen LogP contribution in [0.4, 0.5) is 0 Å². The van der Waals surface area contributed by atoms with E-state index in [4.69, 9.17) is 0 Å². The fourth-order valence-electron chi connectivity index (χ4n) is 4.47. The molecule has 2 aliphatic rings. The van der Waals surface area contributed by atoms with E-state index < -0.39 is 0 Å². The van der Waals surface area contributed by atoms with Crippen molar-refractivity contribution < 1.29 is 4.79 Å². The summed E-state index contributed by atoms with van der Waals surface area (Å²) in [5.41, 5.74) is 1.49. The van der Waals surface area contributed by atoms with Gasteiger partial charge in [0.15, 0.2) is 0 Å². The predicted molar refractivity (Wildman–Crippen MR) is 91.1 cm³/mol. The van der Waals surface area contributed by atoms with E-state index in [1.54, 1.807) is 0 Å². The van der Waals surface area contributed by atoms with Crippen molar-refractivity contribution in [3.63, 3.8) is 0 Å². The van der Waals surface area contributed by atoms with Gasteiger partial charge in [-0.3, -0.25) is 9.48 Å². The van der Waals surface area contributed by atoms with Crippen LogP contribution in [-0.2, 0) is 11.8 Å². The summed E-state index contributed by atoms with van der Waals surface area (Å²) in [4.78, 5) is 15.3. The normalized spacial score (nSPS) is 31.5. The summed E-state index contributed by atoms with van der Waals surface area (Å²) in [5.74, 6) is 0.657. The van der Waals surface area contributed by atoms with Crippen molar-refractivity contribution in [2.24, 2.45) is 18.4 Å². The second-order valence-corrected chi connectivity index (χ2v) is 7.74. The number of carbonyl (C=O) groups excluding carboxylic acids is 1. The van der Waals surface area contributed by atoms with Crippen LogP contribution in [0.5, 0.6) is 0 Å². The quantitative estimate of drug-likeness (QED) is 0.925. The molecule has 1 amide bonds. The Morgan fingerprint density at radius 2 is 2.30 bits per heavy atom. The number of hydrogen-bond acceptors (Lipinski definition) is 3. The molecule has 5 heteroatoms. The summed E-state index contributed by atoms with van der Waals surface area (Å²) in [6.45, 7) is 8.11. The predicted octanol–water partition coefficient (Wildman–Crippen LogP) is 2.15. The highest BCUT2D eigenvalue weighted by Gasteiger charge is 2.40. The summed E-state index contributed by atoms with van der Waals surface area (Å²) in [6.07, 6.45) is 8.76. The molecular formula is C18H30N4O. The summed E-state index contributed by atoms with van der Waals surface area (Å²) < 4.78 is 1.83. The van der Waals surface area contributed by atoms with E-state index in [1.165, 1.54) is 24.8 Å². The summed E-state index contributed by atoms with van der Waals surface area (Å²) in [7, 11) is 1.93. The van der Waals surface area contributed by atoms with Gasteiger partial charge in [0.2, 0.25) is 5.91 Å². The van der Waals surface area contributed by atoms with Gasteiger partial charge in [-0.05, 0) is 30.2 Å². The largest absolute Gasteiger partial charge is 0.342 e. The summed E-state index contributed by atoms with van der Waals surface area (Å²) in [6, 6.07) is 0. The number of amides is 1. The zero-order valence-corrected chi connectivity index (χ0v) is 14.7. The lowest BCUT2D eigenvalue weighted by molar-refractivity contribution is -0.138. The molecular weight excluding hydrogens is 288 g/mol. The zero-order valence-electron chi connectivity index (χ0n) is 14.7. The Hall–Kier alpha value is -1.36. The monoisotopic (exact) mass is 318 g/mol. The van der Waals surface area contributed by atoms with Gasteiger partial charge >= 0.3 is 0 Å².